The molecule has 1 amide bonds. The molecule has 0 aromatic carbocycles. The number of nitrogens with one attached hydrogen (secondary N) is 1. The van der Waals surface area contributed by atoms with Gasteiger partial charge in [0.25, 0.3) is 0 Å². The average molecular weight is 271 g/mol. The Morgan fingerprint density at radius 2 is 1.90 bits per heavy atom. The molecule has 1 heterocycles. The van der Waals surface area contributed by atoms with E-state index in [0.717, 1.165) is 31.2 Å². The van der Waals surface area contributed by atoms with Gasteiger partial charge in [-0.15, -0.1) is 0 Å². The number of nitriles is 1. The highest BCUT2D eigenvalue weighted by molar-refractivity contribution is 5.85. The zero-order chi connectivity index (χ0) is 14.4. The van der Waals surface area contributed by atoms with Crippen molar-refractivity contribution in [2.75, 3.05) is 0 Å². The first-order chi connectivity index (χ1) is 9.68. The van der Waals surface area contributed by atoms with Crippen LogP contribution in [0.1, 0.15) is 57.1 Å². The largest absolute Gasteiger partial charge is 0.348 e. The van der Waals surface area contributed by atoms with Crippen molar-refractivity contribution >= 4 is 5.91 Å². The predicted octanol–water partition coefficient (Wildman–Crippen LogP) is 3.12. The van der Waals surface area contributed by atoms with E-state index in [-0.39, 0.29) is 11.9 Å². The summed E-state index contributed by atoms with van der Waals surface area (Å²) in [6, 6.07) is 5.96. The van der Waals surface area contributed by atoms with E-state index in [0.29, 0.717) is 12.8 Å². The Hall–Kier alpha value is -1.89. The van der Waals surface area contributed by atoms with E-state index in [1.807, 2.05) is 19.1 Å². The van der Waals surface area contributed by atoms with Gasteiger partial charge >= 0.3 is 0 Å². The molecule has 4 nitrogen and oxygen atoms in total. The maximum absolute atomic E-state index is 12.5. The molecule has 2 rings (SSSR count). The predicted molar refractivity (Wildman–Crippen MR) is 76.5 cm³/mol. The fourth-order valence-electron chi connectivity index (χ4n) is 2.79. The summed E-state index contributed by atoms with van der Waals surface area (Å²) in [7, 11) is 0. The highest BCUT2D eigenvalue weighted by atomic mass is 16.2. The summed E-state index contributed by atoms with van der Waals surface area (Å²) in [6.45, 7) is 1.94. The number of nitrogens with zero attached hydrogens (tertiary/aromatic N) is 2. The van der Waals surface area contributed by atoms with Crippen LogP contribution in [0.3, 0.4) is 0 Å². The van der Waals surface area contributed by atoms with Gasteiger partial charge in [0.1, 0.15) is 5.41 Å². The van der Waals surface area contributed by atoms with Gasteiger partial charge in [-0.3, -0.25) is 9.78 Å². The average Bonchev–Trinajstić information content (AvgIpc) is 2.74. The molecule has 1 aromatic heterocycles. The molecule has 1 fully saturated rings. The summed E-state index contributed by atoms with van der Waals surface area (Å²) in [4.78, 5) is 16.5. The maximum atomic E-state index is 12.5. The van der Waals surface area contributed by atoms with Gasteiger partial charge in [0.15, 0.2) is 0 Å². The van der Waals surface area contributed by atoms with Crippen LogP contribution in [-0.4, -0.2) is 10.9 Å². The van der Waals surface area contributed by atoms with Crippen LogP contribution in [0.25, 0.3) is 0 Å². The van der Waals surface area contributed by atoms with Gasteiger partial charge in [0.2, 0.25) is 5.91 Å². The topological polar surface area (TPSA) is 65.8 Å². The molecular weight excluding hydrogens is 250 g/mol. The van der Waals surface area contributed by atoms with E-state index in [1.165, 1.54) is 0 Å². The molecule has 1 N–H and O–H groups in total. The smallest absolute Gasteiger partial charge is 0.240 e. The van der Waals surface area contributed by atoms with Crippen molar-refractivity contribution in [3.63, 3.8) is 0 Å². The van der Waals surface area contributed by atoms with Crippen molar-refractivity contribution in [2.24, 2.45) is 5.41 Å². The number of aromatic nitrogens is 1. The van der Waals surface area contributed by atoms with Crippen molar-refractivity contribution in [1.29, 1.82) is 5.26 Å². The number of hydrogen-bond acceptors (Lipinski definition) is 3. The van der Waals surface area contributed by atoms with E-state index >= 15 is 0 Å². The zero-order valence-electron chi connectivity index (χ0n) is 11.9. The number of amides is 1. The summed E-state index contributed by atoms with van der Waals surface area (Å²) in [5.41, 5.74) is 0.174. The van der Waals surface area contributed by atoms with Crippen LogP contribution >= 0.6 is 0 Å². The summed E-state index contributed by atoms with van der Waals surface area (Å²) in [6.07, 6.45) is 8.95. The van der Waals surface area contributed by atoms with Crippen LogP contribution in [0.5, 0.6) is 0 Å². The van der Waals surface area contributed by atoms with Crippen LogP contribution in [0, 0.1) is 16.7 Å². The van der Waals surface area contributed by atoms with Crippen LogP contribution in [0.4, 0.5) is 0 Å². The highest BCUT2D eigenvalue weighted by Gasteiger charge is 2.39. The minimum Gasteiger partial charge on any atom is -0.348 e. The lowest BCUT2D eigenvalue weighted by atomic mass is 9.80. The van der Waals surface area contributed by atoms with Crippen molar-refractivity contribution in [1.82, 2.24) is 10.3 Å². The van der Waals surface area contributed by atoms with E-state index in [4.69, 9.17) is 0 Å². The third-order valence-corrected chi connectivity index (χ3v) is 4.16. The molecule has 1 atom stereocenters. The van der Waals surface area contributed by atoms with E-state index in [1.54, 1.807) is 12.4 Å². The van der Waals surface area contributed by atoms with Crippen molar-refractivity contribution in [3.05, 3.63) is 30.1 Å². The second kappa shape index (κ2) is 6.51. The number of rotatable bonds is 3. The fraction of sp³-hybridized carbons (Fsp3) is 0.562. The number of hydrogen-bond donors (Lipinski definition) is 1. The van der Waals surface area contributed by atoms with Crippen molar-refractivity contribution in [2.45, 2.75) is 51.5 Å². The summed E-state index contributed by atoms with van der Waals surface area (Å²) in [5, 5.41) is 12.5. The van der Waals surface area contributed by atoms with E-state index in [9.17, 15) is 10.1 Å². The second-order valence-electron chi connectivity index (χ2n) is 5.58. The monoisotopic (exact) mass is 271 g/mol. The number of carbonyl (C=O) groups is 1. The van der Waals surface area contributed by atoms with Gasteiger partial charge in [0, 0.05) is 12.4 Å². The molecule has 0 saturated heterocycles. The molecule has 1 unspecified atom stereocenters. The summed E-state index contributed by atoms with van der Waals surface area (Å²) < 4.78 is 0. The molecule has 0 radical (unpaired) electrons. The van der Waals surface area contributed by atoms with Gasteiger partial charge in [-0.2, -0.15) is 5.26 Å². The Morgan fingerprint density at radius 1 is 1.30 bits per heavy atom. The summed E-state index contributed by atoms with van der Waals surface area (Å²) >= 11 is 0. The molecule has 1 aliphatic carbocycles. The zero-order valence-corrected chi connectivity index (χ0v) is 11.9. The first-order valence-corrected chi connectivity index (χ1v) is 7.30. The highest BCUT2D eigenvalue weighted by Crippen LogP contribution is 2.35. The third-order valence-electron chi connectivity index (χ3n) is 4.16. The molecule has 1 saturated carbocycles. The first-order valence-electron chi connectivity index (χ1n) is 7.30. The first kappa shape index (κ1) is 14.5. The second-order valence-corrected chi connectivity index (χ2v) is 5.58. The number of pyridine rings is 1. The fourth-order valence-corrected chi connectivity index (χ4v) is 2.79. The molecule has 4 heteroatoms. The van der Waals surface area contributed by atoms with Crippen LogP contribution in [0.2, 0.25) is 0 Å². The molecule has 0 spiro atoms. The Kier molecular flexibility index (Phi) is 4.73. The molecule has 1 aromatic rings. The normalized spacial score (nSPS) is 19.4. The molecule has 20 heavy (non-hydrogen) atoms. The standard InChI is InChI=1S/C16H21N3O/c1-13(14-6-10-18-11-7-14)19-15(20)16(12-17)8-4-2-3-5-9-16/h6-7,10-11,13H,2-5,8-9H2,1H3,(H,19,20). The lowest BCUT2D eigenvalue weighted by Crippen LogP contribution is -2.41. The third kappa shape index (κ3) is 3.16. The molecule has 0 bridgehead atoms. The van der Waals surface area contributed by atoms with Crippen LogP contribution < -0.4 is 5.32 Å². The van der Waals surface area contributed by atoms with Gasteiger partial charge in [-0.25, -0.2) is 0 Å². The molecular formula is C16H21N3O. The quantitative estimate of drug-likeness (QED) is 0.859. The lowest BCUT2D eigenvalue weighted by Gasteiger charge is -2.26. The van der Waals surface area contributed by atoms with Gasteiger partial charge < -0.3 is 5.32 Å². The van der Waals surface area contributed by atoms with E-state index in [2.05, 4.69) is 16.4 Å². The summed E-state index contributed by atoms with van der Waals surface area (Å²) in [5.74, 6) is -0.119. The molecule has 0 aliphatic heterocycles. The SMILES string of the molecule is CC(NC(=O)C1(C#N)CCCCCC1)c1ccncc1. The minimum absolute atomic E-state index is 0.0982. The van der Waals surface area contributed by atoms with Crippen LogP contribution in [-0.2, 0) is 4.79 Å². The lowest BCUT2D eigenvalue weighted by molar-refractivity contribution is -0.129. The van der Waals surface area contributed by atoms with E-state index < -0.39 is 5.41 Å². The van der Waals surface area contributed by atoms with Gasteiger partial charge in [-0.1, -0.05) is 25.7 Å². The Labute approximate surface area is 120 Å². The Balaban J connectivity index is 2.08. The molecule has 106 valence electrons. The van der Waals surface area contributed by atoms with Gasteiger partial charge in [0.05, 0.1) is 12.1 Å². The number of carbonyl (C=O) groups excluding carboxylic acids is 1. The minimum atomic E-state index is -0.836. The van der Waals surface area contributed by atoms with Crippen LogP contribution in [0.15, 0.2) is 24.5 Å². The Bertz CT molecular complexity index is 484. The van der Waals surface area contributed by atoms with Crippen molar-refractivity contribution < 1.29 is 4.79 Å². The molecule has 1 aliphatic rings. The maximum Gasteiger partial charge on any atom is 0.240 e. The van der Waals surface area contributed by atoms with Crippen molar-refractivity contribution in [3.8, 4) is 6.07 Å². The Morgan fingerprint density at radius 3 is 2.45 bits per heavy atom. The van der Waals surface area contributed by atoms with Gasteiger partial charge in [-0.05, 0) is 37.5 Å².